The summed E-state index contributed by atoms with van der Waals surface area (Å²) in [6, 6.07) is 4.69. The third kappa shape index (κ3) is 3.07. The molecular weight excluding hydrogens is 264 g/mol. The molecule has 2 atom stereocenters. The molecule has 1 aliphatic heterocycles. The lowest BCUT2D eigenvalue weighted by Crippen LogP contribution is -2.25. The molecule has 0 radical (unpaired) electrons. The number of benzene rings is 1. The van der Waals surface area contributed by atoms with Gasteiger partial charge in [0.15, 0.2) is 0 Å². The molecule has 0 spiro atoms. The normalized spacial score (nSPS) is 23.4. The third-order valence-corrected chi connectivity index (χ3v) is 4.02. The van der Waals surface area contributed by atoms with Crippen LogP contribution < -0.4 is 14.8 Å². The molecule has 0 bridgehead atoms. The van der Waals surface area contributed by atoms with E-state index in [4.69, 9.17) is 21.1 Å². The predicted octanol–water partition coefficient (Wildman–Crippen LogP) is 2.86. The van der Waals surface area contributed by atoms with E-state index in [0.29, 0.717) is 22.9 Å². The molecule has 0 amide bonds. The van der Waals surface area contributed by atoms with E-state index < -0.39 is 0 Å². The van der Waals surface area contributed by atoms with E-state index in [0.717, 1.165) is 24.4 Å². The maximum Gasteiger partial charge on any atom is 0.145 e. The third-order valence-electron chi connectivity index (χ3n) is 3.72. The molecule has 2 unspecified atom stereocenters. The monoisotopic (exact) mass is 284 g/mol. The number of hydrogen-bond acceptors (Lipinski definition) is 4. The van der Waals surface area contributed by atoms with Gasteiger partial charge in [0.25, 0.3) is 0 Å². The predicted molar refractivity (Wildman–Crippen MR) is 78.7 cm³/mol. The second-order valence-electron chi connectivity index (χ2n) is 5.05. The van der Waals surface area contributed by atoms with E-state index in [9.17, 15) is 0 Å². The van der Waals surface area contributed by atoms with Crippen LogP contribution in [0, 0.1) is 0 Å². The van der Waals surface area contributed by atoms with Crippen molar-refractivity contribution in [1.82, 2.24) is 4.90 Å². The summed E-state index contributed by atoms with van der Waals surface area (Å²) in [5, 5.41) is 4.09. The van der Waals surface area contributed by atoms with Gasteiger partial charge >= 0.3 is 0 Å². The van der Waals surface area contributed by atoms with Crippen LogP contribution >= 0.6 is 11.6 Å². The van der Waals surface area contributed by atoms with E-state index in [1.54, 1.807) is 14.2 Å². The standard InChI is InChI=1S/C14H21ClN2O2/c1-9-5-10(8-17(9)2)16-12-6-11(15)13(18-3)7-14(12)19-4/h6-7,9-10,16H,5,8H2,1-4H3. The van der Waals surface area contributed by atoms with Crippen LogP contribution in [0.4, 0.5) is 5.69 Å². The van der Waals surface area contributed by atoms with Crippen LogP contribution in [-0.4, -0.2) is 44.8 Å². The quantitative estimate of drug-likeness (QED) is 0.922. The summed E-state index contributed by atoms with van der Waals surface area (Å²) in [5.74, 6) is 1.38. The van der Waals surface area contributed by atoms with Gasteiger partial charge in [-0.3, -0.25) is 0 Å². The fourth-order valence-corrected chi connectivity index (χ4v) is 2.73. The van der Waals surface area contributed by atoms with Crippen LogP contribution in [0.5, 0.6) is 11.5 Å². The van der Waals surface area contributed by atoms with Crippen LogP contribution in [0.1, 0.15) is 13.3 Å². The molecule has 4 nitrogen and oxygen atoms in total. The number of methoxy groups -OCH3 is 2. The number of rotatable bonds is 4. The average molecular weight is 285 g/mol. The molecule has 0 saturated carbocycles. The molecule has 19 heavy (non-hydrogen) atoms. The van der Waals surface area contributed by atoms with Crippen LogP contribution in [0.2, 0.25) is 5.02 Å². The summed E-state index contributed by atoms with van der Waals surface area (Å²) >= 11 is 6.17. The fraction of sp³-hybridized carbons (Fsp3) is 0.571. The number of nitrogens with one attached hydrogen (secondary N) is 1. The van der Waals surface area contributed by atoms with Gasteiger partial charge < -0.3 is 19.7 Å². The lowest BCUT2D eigenvalue weighted by atomic mass is 10.1. The van der Waals surface area contributed by atoms with Crippen molar-refractivity contribution < 1.29 is 9.47 Å². The summed E-state index contributed by atoms with van der Waals surface area (Å²) in [4.78, 5) is 2.34. The molecule has 2 rings (SSSR count). The fourth-order valence-electron chi connectivity index (χ4n) is 2.49. The molecule has 1 fully saturated rings. The molecule has 5 heteroatoms. The van der Waals surface area contributed by atoms with Crippen LogP contribution in [0.3, 0.4) is 0 Å². The molecule has 106 valence electrons. The first kappa shape index (κ1) is 14.3. The second kappa shape index (κ2) is 5.88. The Hall–Kier alpha value is -1.13. The minimum absolute atomic E-state index is 0.415. The van der Waals surface area contributed by atoms with Crippen LogP contribution in [0.15, 0.2) is 12.1 Å². The lowest BCUT2D eigenvalue weighted by Gasteiger charge is -2.18. The molecule has 1 N–H and O–H groups in total. The number of nitrogens with zero attached hydrogens (tertiary/aromatic N) is 1. The van der Waals surface area contributed by atoms with E-state index >= 15 is 0 Å². The van der Waals surface area contributed by atoms with Gasteiger partial charge in [-0.25, -0.2) is 0 Å². The number of ether oxygens (including phenoxy) is 2. The van der Waals surface area contributed by atoms with Crippen molar-refractivity contribution in [2.24, 2.45) is 0 Å². The first-order valence-corrected chi connectivity index (χ1v) is 6.81. The van der Waals surface area contributed by atoms with Gasteiger partial charge in [0.1, 0.15) is 11.5 Å². The zero-order valence-corrected chi connectivity index (χ0v) is 12.6. The zero-order chi connectivity index (χ0) is 14.0. The van der Waals surface area contributed by atoms with E-state index in [1.165, 1.54) is 0 Å². The highest BCUT2D eigenvalue weighted by Gasteiger charge is 2.26. The molecule has 1 aromatic carbocycles. The SMILES string of the molecule is COc1cc(OC)c(NC2CC(C)N(C)C2)cc1Cl. The Kier molecular flexibility index (Phi) is 4.42. The molecule has 0 aliphatic carbocycles. The zero-order valence-electron chi connectivity index (χ0n) is 11.9. The Bertz CT molecular complexity index is 443. The van der Waals surface area contributed by atoms with Crippen molar-refractivity contribution in [2.75, 3.05) is 33.1 Å². The highest BCUT2D eigenvalue weighted by atomic mass is 35.5. The minimum Gasteiger partial charge on any atom is -0.495 e. The highest BCUT2D eigenvalue weighted by molar-refractivity contribution is 6.32. The molecule has 0 aromatic heterocycles. The first-order chi connectivity index (χ1) is 9.05. The van der Waals surface area contributed by atoms with Gasteiger partial charge in [0.2, 0.25) is 0 Å². The van der Waals surface area contributed by atoms with Crippen molar-refractivity contribution in [3.63, 3.8) is 0 Å². The Morgan fingerprint density at radius 3 is 2.47 bits per heavy atom. The topological polar surface area (TPSA) is 33.7 Å². The summed E-state index contributed by atoms with van der Waals surface area (Å²) in [6.07, 6.45) is 1.11. The smallest absolute Gasteiger partial charge is 0.145 e. The number of anilines is 1. The number of likely N-dealkylation sites (N-methyl/N-ethyl adjacent to an activating group) is 1. The summed E-state index contributed by atoms with van der Waals surface area (Å²) in [6.45, 7) is 3.26. The van der Waals surface area contributed by atoms with Gasteiger partial charge in [-0.2, -0.15) is 0 Å². The van der Waals surface area contributed by atoms with Crippen molar-refractivity contribution in [3.05, 3.63) is 17.2 Å². The molecule has 1 aromatic rings. The summed E-state index contributed by atoms with van der Waals surface area (Å²) < 4.78 is 10.6. The van der Waals surface area contributed by atoms with Crippen LogP contribution in [-0.2, 0) is 0 Å². The molecule has 1 aliphatic rings. The first-order valence-electron chi connectivity index (χ1n) is 6.43. The number of likely N-dealkylation sites (tertiary alicyclic amines) is 1. The van der Waals surface area contributed by atoms with Gasteiger partial charge in [0.05, 0.1) is 24.9 Å². The molecule has 1 heterocycles. The highest BCUT2D eigenvalue weighted by Crippen LogP contribution is 2.36. The van der Waals surface area contributed by atoms with Gasteiger partial charge in [-0.15, -0.1) is 0 Å². The summed E-state index contributed by atoms with van der Waals surface area (Å²) in [7, 11) is 5.39. The Balaban J connectivity index is 2.18. The maximum atomic E-state index is 6.17. The van der Waals surface area contributed by atoms with Crippen molar-refractivity contribution in [3.8, 4) is 11.5 Å². The molecule has 1 saturated heterocycles. The summed E-state index contributed by atoms with van der Waals surface area (Å²) in [5.41, 5.74) is 0.917. The number of halogens is 1. The second-order valence-corrected chi connectivity index (χ2v) is 5.46. The molecular formula is C14H21ClN2O2. The Morgan fingerprint density at radius 2 is 1.95 bits per heavy atom. The Labute approximate surface area is 119 Å². The van der Waals surface area contributed by atoms with Gasteiger partial charge in [-0.1, -0.05) is 11.6 Å². The van der Waals surface area contributed by atoms with Crippen molar-refractivity contribution >= 4 is 17.3 Å². The van der Waals surface area contributed by atoms with Gasteiger partial charge in [-0.05, 0) is 26.5 Å². The van der Waals surface area contributed by atoms with E-state index in [-0.39, 0.29) is 0 Å². The Morgan fingerprint density at radius 1 is 1.26 bits per heavy atom. The van der Waals surface area contributed by atoms with E-state index in [2.05, 4.69) is 24.2 Å². The minimum atomic E-state index is 0.415. The average Bonchev–Trinajstić information content (AvgIpc) is 2.68. The van der Waals surface area contributed by atoms with Crippen molar-refractivity contribution in [2.45, 2.75) is 25.4 Å². The number of hydrogen-bond donors (Lipinski definition) is 1. The van der Waals surface area contributed by atoms with Crippen LogP contribution in [0.25, 0.3) is 0 Å². The van der Waals surface area contributed by atoms with Gasteiger partial charge in [0, 0.05) is 24.7 Å². The van der Waals surface area contributed by atoms with Crippen molar-refractivity contribution in [1.29, 1.82) is 0 Å². The maximum absolute atomic E-state index is 6.17. The lowest BCUT2D eigenvalue weighted by molar-refractivity contribution is 0.330. The van der Waals surface area contributed by atoms with E-state index in [1.807, 2.05) is 12.1 Å². The largest absolute Gasteiger partial charge is 0.495 e.